The van der Waals surface area contributed by atoms with Gasteiger partial charge in [0.1, 0.15) is 0 Å². The molecule has 0 saturated heterocycles. The Morgan fingerprint density at radius 3 is 0.710 bits per heavy atom. The fourth-order valence-electron chi connectivity index (χ4n) is 4.55. The van der Waals surface area contributed by atoms with Crippen molar-refractivity contribution in [2.45, 2.75) is 181 Å². The summed E-state index contributed by atoms with van der Waals surface area (Å²) in [6.45, 7) is 6.54. The second-order valence-electron chi connectivity index (χ2n) is 10.1. The van der Waals surface area contributed by atoms with E-state index in [1.807, 2.05) is 0 Å². The number of hydrogen-bond acceptors (Lipinski definition) is 1. The van der Waals surface area contributed by atoms with Crippen molar-refractivity contribution in [3.8, 4) is 0 Å². The highest BCUT2D eigenvalue weighted by Crippen LogP contribution is 2.15. The van der Waals surface area contributed by atoms with Crippen molar-refractivity contribution >= 4 is 0 Å². The van der Waals surface area contributed by atoms with Crippen LogP contribution in [0.3, 0.4) is 0 Å². The molecule has 188 valence electrons. The van der Waals surface area contributed by atoms with Crippen molar-refractivity contribution in [1.82, 2.24) is 0 Å². The van der Waals surface area contributed by atoms with Gasteiger partial charge in [0.25, 0.3) is 0 Å². The highest BCUT2D eigenvalue weighted by atomic mass is 16.5. The summed E-state index contributed by atoms with van der Waals surface area (Å²) in [6.07, 6.45) is 37.2. The molecule has 31 heavy (non-hydrogen) atoms. The highest BCUT2D eigenvalue weighted by molar-refractivity contribution is 4.51. The van der Waals surface area contributed by atoms with E-state index in [0.717, 1.165) is 13.2 Å². The van der Waals surface area contributed by atoms with E-state index in [4.69, 9.17) is 4.74 Å². The zero-order valence-electron chi connectivity index (χ0n) is 22.2. The Kier molecular flexibility index (Phi) is 29.9. The Hall–Kier alpha value is -0.0400. The Bertz CT molecular complexity index is 260. The molecule has 1 nitrogen and oxygen atoms in total. The fourth-order valence-corrected chi connectivity index (χ4v) is 4.55. The van der Waals surface area contributed by atoms with Crippen LogP contribution < -0.4 is 0 Å². The van der Waals surface area contributed by atoms with Crippen LogP contribution in [0.2, 0.25) is 0 Å². The molecule has 0 rings (SSSR count). The summed E-state index contributed by atoms with van der Waals surface area (Å²) in [4.78, 5) is 0. The minimum absolute atomic E-state index is 0.985. The van der Waals surface area contributed by atoms with Crippen LogP contribution in [0.4, 0.5) is 0 Å². The lowest BCUT2D eigenvalue weighted by atomic mass is 10.0. The van der Waals surface area contributed by atoms with Gasteiger partial charge in [-0.05, 0) is 12.8 Å². The van der Waals surface area contributed by atoms with Crippen molar-refractivity contribution in [2.75, 3.05) is 13.2 Å². The first-order valence-electron chi connectivity index (χ1n) is 15.0. The highest BCUT2D eigenvalue weighted by Gasteiger charge is 1.96. The molecule has 0 atom stereocenters. The Morgan fingerprint density at radius 1 is 0.258 bits per heavy atom. The van der Waals surface area contributed by atoms with Gasteiger partial charge in [-0.1, -0.05) is 168 Å². The maximum atomic E-state index is 5.72. The third-order valence-electron chi connectivity index (χ3n) is 6.78. The summed E-state index contributed by atoms with van der Waals surface area (Å²) in [5, 5.41) is 0. The SMILES string of the molecule is CCCCCCCCCCCCCCCCCCCCCCCCOCCCCCC. The predicted octanol–water partition coefficient (Wildman–Crippen LogP) is 11.2. The monoisotopic (exact) mass is 438 g/mol. The maximum absolute atomic E-state index is 5.72. The van der Waals surface area contributed by atoms with E-state index in [2.05, 4.69) is 13.8 Å². The fraction of sp³-hybridized carbons (Fsp3) is 1.00. The van der Waals surface area contributed by atoms with Gasteiger partial charge in [0.2, 0.25) is 0 Å². The quantitative estimate of drug-likeness (QED) is 0.110. The minimum atomic E-state index is 0.985. The van der Waals surface area contributed by atoms with E-state index < -0.39 is 0 Å². The van der Waals surface area contributed by atoms with Gasteiger partial charge in [-0.25, -0.2) is 0 Å². The molecular weight excluding hydrogens is 376 g/mol. The molecule has 0 saturated carbocycles. The Morgan fingerprint density at radius 2 is 0.452 bits per heavy atom. The molecule has 0 heterocycles. The first-order valence-corrected chi connectivity index (χ1v) is 15.0. The van der Waals surface area contributed by atoms with Gasteiger partial charge in [0, 0.05) is 13.2 Å². The topological polar surface area (TPSA) is 9.23 Å². The van der Waals surface area contributed by atoms with Crippen molar-refractivity contribution in [1.29, 1.82) is 0 Å². The third kappa shape index (κ3) is 30.0. The Balaban J connectivity index is 2.98. The summed E-state index contributed by atoms with van der Waals surface area (Å²) in [7, 11) is 0. The summed E-state index contributed by atoms with van der Waals surface area (Å²) < 4.78 is 5.72. The molecular formula is C30H62O. The predicted molar refractivity (Wildman–Crippen MR) is 142 cm³/mol. The summed E-state index contributed by atoms with van der Waals surface area (Å²) in [5.41, 5.74) is 0. The summed E-state index contributed by atoms with van der Waals surface area (Å²) in [6, 6.07) is 0. The van der Waals surface area contributed by atoms with Crippen LogP contribution in [0.5, 0.6) is 0 Å². The largest absolute Gasteiger partial charge is 0.381 e. The van der Waals surface area contributed by atoms with Gasteiger partial charge in [0.15, 0.2) is 0 Å². The molecule has 0 aromatic heterocycles. The average molecular weight is 439 g/mol. The molecule has 0 aliphatic rings. The molecule has 1 heteroatoms. The molecule has 0 fully saturated rings. The molecule has 0 N–H and O–H groups in total. The molecule has 0 aromatic carbocycles. The summed E-state index contributed by atoms with van der Waals surface area (Å²) in [5.74, 6) is 0. The first-order chi connectivity index (χ1) is 15.4. The van der Waals surface area contributed by atoms with Crippen LogP contribution in [0.25, 0.3) is 0 Å². The van der Waals surface area contributed by atoms with E-state index in [1.165, 1.54) is 167 Å². The van der Waals surface area contributed by atoms with Gasteiger partial charge in [-0.3, -0.25) is 0 Å². The van der Waals surface area contributed by atoms with Crippen LogP contribution in [-0.2, 0) is 4.74 Å². The van der Waals surface area contributed by atoms with Gasteiger partial charge >= 0.3 is 0 Å². The van der Waals surface area contributed by atoms with Crippen LogP contribution in [-0.4, -0.2) is 13.2 Å². The maximum Gasteiger partial charge on any atom is 0.0466 e. The standard InChI is InChI=1S/C30H62O/c1-3-5-7-9-10-11-12-13-14-15-16-17-18-19-20-21-22-23-24-25-26-28-30-31-29-27-8-6-4-2/h3-30H2,1-2H3. The molecule has 0 amide bonds. The number of ether oxygens (including phenoxy) is 1. The van der Waals surface area contributed by atoms with E-state index in [1.54, 1.807) is 0 Å². The lowest BCUT2D eigenvalue weighted by Crippen LogP contribution is -1.97. The minimum Gasteiger partial charge on any atom is -0.381 e. The molecule has 0 aliphatic heterocycles. The number of rotatable bonds is 28. The summed E-state index contributed by atoms with van der Waals surface area (Å²) >= 11 is 0. The van der Waals surface area contributed by atoms with E-state index >= 15 is 0 Å². The van der Waals surface area contributed by atoms with Gasteiger partial charge < -0.3 is 4.74 Å². The van der Waals surface area contributed by atoms with Crippen LogP contribution in [0, 0.1) is 0 Å². The first kappa shape index (κ1) is 31.0. The normalized spacial score (nSPS) is 11.4. The van der Waals surface area contributed by atoms with E-state index in [0.29, 0.717) is 0 Å². The van der Waals surface area contributed by atoms with Crippen molar-refractivity contribution in [2.24, 2.45) is 0 Å². The number of hydrogen-bond donors (Lipinski definition) is 0. The second kappa shape index (κ2) is 30.0. The van der Waals surface area contributed by atoms with Crippen LogP contribution in [0.1, 0.15) is 181 Å². The zero-order valence-corrected chi connectivity index (χ0v) is 22.2. The number of unbranched alkanes of at least 4 members (excludes halogenated alkanes) is 24. The smallest absolute Gasteiger partial charge is 0.0466 e. The Labute approximate surface area is 198 Å². The van der Waals surface area contributed by atoms with Crippen molar-refractivity contribution in [3.05, 3.63) is 0 Å². The molecule has 0 spiro atoms. The third-order valence-corrected chi connectivity index (χ3v) is 6.78. The van der Waals surface area contributed by atoms with Gasteiger partial charge in [-0.15, -0.1) is 0 Å². The molecule has 0 aliphatic carbocycles. The lowest BCUT2D eigenvalue weighted by molar-refractivity contribution is 0.125. The van der Waals surface area contributed by atoms with E-state index in [-0.39, 0.29) is 0 Å². The van der Waals surface area contributed by atoms with E-state index in [9.17, 15) is 0 Å². The van der Waals surface area contributed by atoms with Crippen molar-refractivity contribution < 1.29 is 4.74 Å². The van der Waals surface area contributed by atoms with Crippen LogP contribution in [0.15, 0.2) is 0 Å². The van der Waals surface area contributed by atoms with Crippen LogP contribution >= 0.6 is 0 Å². The lowest BCUT2D eigenvalue weighted by Gasteiger charge is -2.05. The van der Waals surface area contributed by atoms with Gasteiger partial charge in [-0.2, -0.15) is 0 Å². The molecule has 0 aromatic rings. The second-order valence-corrected chi connectivity index (χ2v) is 10.1. The molecule has 0 bridgehead atoms. The molecule has 0 radical (unpaired) electrons. The van der Waals surface area contributed by atoms with Crippen molar-refractivity contribution in [3.63, 3.8) is 0 Å². The average Bonchev–Trinajstić information content (AvgIpc) is 2.78. The van der Waals surface area contributed by atoms with Gasteiger partial charge in [0.05, 0.1) is 0 Å². The zero-order chi connectivity index (χ0) is 22.5. The molecule has 0 unspecified atom stereocenters.